The van der Waals surface area contributed by atoms with Gasteiger partial charge in [0.1, 0.15) is 11.2 Å². The van der Waals surface area contributed by atoms with E-state index in [1.165, 1.54) is 0 Å². The highest BCUT2D eigenvalue weighted by molar-refractivity contribution is 5.96. The molecule has 0 bridgehead atoms. The number of nitrogens with zero attached hydrogens (tertiary/aromatic N) is 3. The van der Waals surface area contributed by atoms with Gasteiger partial charge in [0.05, 0.1) is 5.56 Å². The van der Waals surface area contributed by atoms with Gasteiger partial charge in [0, 0.05) is 25.0 Å². The van der Waals surface area contributed by atoms with E-state index in [-0.39, 0.29) is 12.2 Å². The third-order valence-corrected chi connectivity index (χ3v) is 3.68. The van der Waals surface area contributed by atoms with E-state index >= 15 is 0 Å². The number of carbonyl (C=O) groups is 1. The second-order valence-corrected chi connectivity index (χ2v) is 5.38. The fourth-order valence-electron chi connectivity index (χ4n) is 2.50. The number of benzene rings is 1. The van der Waals surface area contributed by atoms with Gasteiger partial charge in [-0.1, -0.05) is 12.1 Å². The zero-order valence-electron chi connectivity index (χ0n) is 12.7. The van der Waals surface area contributed by atoms with Crippen molar-refractivity contribution in [2.75, 3.05) is 0 Å². The molecule has 0 N–H and O–H groups in total. The zero-order chi connectivity index (χ0) is 16.4. The van der Waals surface area contributed by atoms with Crippen LogP contribution < -0.4 is 0 Å². The van der Waals surface area contributed by atoms with Crippen LogP contribution in [0.4, 0.5) is 0 Å². The Bertz CT molecular complexity index is 995. The number of rotatable bonds is 4. The van der Waals surface area contributed by atoms with E-state index in [2.05, 4.69) is 15.0 Å². The summed E-state index contributed by atoms with van der Waals surface area (Å²) in [6.45, 7) is 0. The average molecular weight is 315 g/mol. The first-order valence-corrected chi connectivity index (χ1v) is 7.54. The summed E-state index contributed by atoms with van der Waals surface area (Å²) in [7, 11) is 0. The summed E-state index contributed by atoms with van der Waals surface area (Å²) in [5.41, 5.74) is 3.56. The highest BCUT2D eigenvalue weighted by Crippen LogP contribution is 2.24. The van der Waals surface area contributed by atoms with Crippen LogP contribution in [0.2, 0.25) is 0 Å². The molecule has 24 heavy (non-hydrogen) atoms. The summed E-state index contributed by atoms with van der Waals surface area (Å²) < 4.78 is 5.80. The number of pyridine rings is 2. The number of aromatic nitrogens is 3. The Morgan fingerprint density at radius 1 is 1.04 bits per heavy atom. The monoisotopic (exact) mass is 315 g/mol. The van der Waals surface area contributed by atoms with Gasteiger partial charge >= 0.3 is 0 Å². The molecule has 5 nitrogen and oxygen atoms in total. The fourth-order valence-corrected chi connectivity index (χ4v) is 2.50. The average Bonchev–Trinajstić information content (AvgIpc) is 3.06. The maximum Gasteiger partial charge on any atom is 0.228 e. The molecule has 0 aliphatic carbocycles. The van der Waals surface area contributed by atoms with E-state index in [0.717, 1.165) is 16.6 Å². The number of fused-ring (bicyclic) bond motifs is 1. The summed E-state index contributed by atoms with van der Waals surface area (Å²) in [5.74, 6) is 0.494. The van der Waals surface area contributed by atoms with Crippen LogP contribution in [0.3, 0.4) is 0 Å². The lowest BCUT2D eigenvalue weighted by molar-refractivity contribution is 0.0988. The van der Waals surface area contributed by atoms with Crippen LogP contribution in [0.5, 0.6) is 0 Å². The second kappa shape index (κ2) is 6.04. The first kappa shape index (κ1) is 14.3. The van der Waals surface area contributed by atoms with Crippen LogP contribution in [0.25, 0.3) is 22.6 Å². The molecule has 116 valence electrons. The summed E-state index contributed by atoms with van der Waals surface area (Å²) in [6.07, 6.45) is 5.30. The predicted octanol–water partition coefficient (Wildman–Crippen LogP) is 3.71. The summed E-state index contributed by atoms with van der Waals surface area (Å²) >= 11 is 0. The lowest BCUT2D eigenvalue weighted by Gasteiger charge is -2.00. The molecule has 0 spiro atoms. The van der Waals surface area contributed by atoms with E-state index in [1.807, 2.05) is 30.3 Å². The Morgan fingerprint density at radius 3 is 2.79 bits per heavy atom. The van der Waals surface area contributed by atoms with Gasteiger partial charge < -0.3 is 4.42 Å². The predicted molar refractivity (Wildman–Crippen MR) is 89.5 cm³/mol. The van der Waals surface area contributed by atoms with Gasteiger partial charge in [-0.25, -0.2) is 4.98 Å². The highest BCUT2D eigenvalue weighted by atomic mass is 16.3. The molecule has 1 aromatic carbocycles. The molecule has 4 rings (SSSR count). The molecule has 0 saturated heterocycles. The van der Waals surface area contributed by atoms with Crippen LogP contribution in [0, 0.1) is 0 Å². The van der Waals surface area contributed by atoms with Gasteiger partial charge in [0.25, 0.3) is 0 Å². The normalized spacial score (nSPS) is 10.8. The van der Waals surface area contributed by atoms with Gasteiger partial charge in [0.15, 0.2) is 11.4 Å². The fraction of sp³-hybridized carbons (Fsp3) is 0.0526. The number of ketones is 1. The molecule has 0 aliphatic heterocycles. The van der Waals surface area contributed by atoms with Crippen LogP contribution in [0.15, 0.2) is 71.5 Å². The van der Waals surface area contributed by atoms with Gasteiger partial charge in [-0.3, -0.25) is 14.8 Å². The topological polar surface area (TPSA) is 68.9 Å². The molecule has 0 fully saturated rings. The van der Waals surface area contributed by atoms with Crippen LogP contribution in [-0.2, 0) is 6.42 Å². The van der Waals surface area contributed by atoms with Crippen molar-refractivity contribution < 1.29 is 9.21 Å². The molecule has 4 aromatic rings. The second-order valence-electron chi connectivity index (χ2n) is 5.38. The largest absolute Gasteiger partial charge is 0.436 e. The third-order valence-electron chi connectivity index (χ3n) is 3.68. The number of oxazole rings is 1. The lowest BCUT2D eigenvalue weighted by atomic mass is 10.1. The molecule has 0 amide bonds. The van der Waals surface area contributed by atoms with Gasteiger partial charge in [-0.05, 0) is 42.0 Å². The summed E-state index contributed by atoms with van der Waals surface area (Å²) in [6, 6.07) is 14.6. The van der Waals surface area contributed by atoms with Gasteiger partial charge in [0.2, 0.25) is 5.89 Å². The summed E-state index contributed by atoms with van der Waals surface area (Å²) in [5, 5.41) is 0. The van der Waals surface area contributed by atoms with E-state index in [9.17, 15) is 4.79 Å². The minimum absolute atomic E-state index is 0.0260. The smallest absolute Gasteiger partial charge is 0.228 e. The van der Waals surface area contributed by atoms with Crippen LogP contribution in [-0.4, -0.2) is 20.7 Å². The van der Waals surface area contributed by atoms with E-state index in [0.29, 0.717) is 17.2 Å². The highest BCUT2D eigenvalue weighted by Gasteiger charge is 2.12. The molecule has 0 aliphatic rings. The Hall–Kier alpha value is -3.34. The van der Waals surface area contributed by atoms with Crippen molar-refractivity contribution in [3.63, 3.8) is 0 Å². The van der Waals surface area contributed by atoms with Gasteiger partial charge in [-0.15, -0.1) is 0 Å². The van der Waals surface area contributed by atoms with Crippen molar-refractivity contribution in [3.05, 3.63) is 78.4 Å². The zero-order valence-corrected chi connectivity index (χ0v) is 12.7. The molecule has 3 aromatic heterocycles. The number of hydrogen-bond acceptors (Lipinski definition) is 5. The van der Waals surface area contributed by atoms with E-state index < -0.39 is 0 Å². The molecular formula is C19H13N3O2. The van der Waals surface area contributed by atoms with Crippen molar-refractivity contribution in [2.45, 2.75) is 6.42 Å². The quantitative estimate of drug-likeness (QED) is 0.537. The first-order valence-electron chi connectivity index (χ1n) is 7.54. The molecular weight excluding hydrogens is 302 g/mol. The van der Waals surface area contributed by atoms with E-state index in [4.69, 9.17) is 4.42 Å². The Morgan fingerprint density at radius 2 is 2.00 bits per heavy atom. The number of hydrogen-bond donors (Lipinski definition) is 0. The molecule has 3 heterocycles. The van der Waals surface area contributed by atoms with Gasteiger partial charge in [-0.2, -0.15) is 0 Å². The Labute approximate surface area is 138 Å². The molecule has 0 radical (unpaired) electrons. The van der Waals surface area contributed by atoms with Crippen molar-refractivity contribution in [2.24, 2.45) is 0 Å². The van der Waals surface area contributed by atoms with Crippen molar-refractivity contribution >= 4 is 16.9 Å². The minimum atomic E-state index is -0.0260. The summed E-state index contributed by atoms with van der Waals surface area (Å²) in [4.78, 5) is 24.9. The molecule has 0 atom stereocenters. The van der Waals surface area contributed by atoms with Crippen LogP contribution in [0.1, 0.15) is 16.1 Å². The molecule has 5 heteroatoms. The first-order chi connectivity index (χ1) is 11.8. The lowest BCUT2D eigenvalue weighted by Crippen LogP contribution is -2.05. The Balaban J connectivity index is 1.63. The standard InChI is InChI=1S/C19H13N3O2/c23-17(15-5-1-2-9-21-15)10-13-6-7-16-18(11-13)24-19(22-16)14-4-3-8-20-12-14/h1-9,11-12H,10H2. The number of Topliss-reactive ketones (excluding diaryl/α,β-unsaturated/α-hetero) is 1. The number of carbonyl (C=O) groups excluding carboxylic acids is 1. The van der Waals surface area contributed by atoms with Crippen molar-refractivity contribution in [3.8, 4) is 11.5 Å². The minimum Gasteiger partial charge on any atom is -0.436 e. The Kier molecular flexibility index (Phi) is 3.59. The third kappa shape index (κ3) is 2.79. The molecule has 0 unspecified atom stereocenters. The maximum absolute atomic E-state index is 12.3. The maximum atomic E-state index is 12.3. The van der Waals surface area contributed by atoms with E-state index in [1.54, 1.807) is 36.8 Å². The molecule has 0 saturated carbocycles. The SMILES string of the molecule is O=C(Cc1ccc2nc(-c3cccnc3)oc2c1)c1ccccn1. The van der Waals surface area contributed by atoms with Crippen molar-refractivity contribution in [1.82, 2.24) is 15.0 Å². The van der Waals surface area contributed by atoms with Crippen molar-refractivity contribution in [1.29, 1.82) is 0 Å². The van der Waals surface area contributed by atoms with Crippen LogP contribution >= 0.6 is 0 Å².